The van der Waals surface area contributed by atoms with Gasteiger partial charge in [-0.15, -0.1) is 0 Å². The first-order chi connectivity index (χ1) is 22.9. The molecule has 0 aliphatic rings. The Hall–Kier alpha value is -3.25. The highest BCUT2D eigenvalue weighted by Crippen LogP contribution is 2.38. The maximum absolute atomic E-state index is 13.9. The zero-order valence-corrected chi connectivity index (χ0v) is 33.8. The first kappa shape index (κ1) is 44.8. The van der Waals surface area contributed by atoms with Crippen LogP contribution >= 0.6 is 0 Å². The predicted molar refractivity (Wildman–Crippen MR) is 201 cm³/mol. The molecular formula is C38H66N4O7Si. The number of amides is 4. The number of aliphatic carboxylic acids is 1. The number of carbonyl (C=O) groups excluding carboxylic acids is 4. The van der Waals surface area contributed by atoms with Crippen molar-refractivity contribution in [2.75, 3.05) is 0 Å². The number of hydrogen-bond acceptors (Lipinski definition) is 6. The van der Waals surface area contributed by atoms with E-state index in [0.717, 1.165) is 5.56 Å². The fourth-order valence-corrected chi connectivity index (χ4v) is 6.48. The molecular weight excluding hydrogens is 653 g/mol. The third-order valence-corrected chi connectivity index (χ3v) is 13.5. The summed E-state index contributed by atoms with van der Waals surface area (Å²) in [7, 11) is -2.32. The summed E-state index contributed by atoms with van der Waals surface area (Å²) in [6.07, 6.45) is 0.368. The van der Waals surface area contributed by atoms with Crippen molar-refractivity contribution in [1.29, 1.82) is 0 Å². The van der Waals surface area contributed by atoms with Crippen molar-refractivity contribution in [1.82, 2.24) is 21.3 Å². The minimum atomic E-state index is -2.32. The molecule has 50 heavy (non-hydrogen) atoms. The molecule has 0 fully saturated rings. The van der Waals surface area contributed by atoms with E-state index in [9.17, 15) is 29.1 Å². The molecule has 5 N–H and O–H groups in total. The van der Waals surface area contributed by atoms with E-state index in [2.05, 4.69) is 55.1 Å². The lowest BCUT2D eigenvalue weighted by Crippen LogP contribution is -2.60. The highest BCUT2D eigenvalue weighted by molar-refractivity contribution is 6.74. The molecule has 284 valence electrons. The molecule has 11 nitrogen and oxygen atoms in total. The van der Waals surface area contributed by atoms with Crippen LogP contribution in [0.15, 0.2) is 30.3 Å². The van der Waals surface area contributed by atoms with Crippen molar-refractivity contribution in [2.45, 2.75) is 150 Å². The van der Waals surface area contributed by atoms with Crippen LogP contribution in [0.25, 0.3) is 0 Å². The van der Waals surface area contributed by atoms with Crippen LogP contribution < -0.4 is 21.3 Å². The largest absolute Gasteiger partial charge is 0.480 e. The minimum Gasteiger partial charge on any atom is -0.480 e. The molecule has 5 atom stereocenters. The first-order valence-corrected chi connectivity index (χ1v) is 21.0. The molecule has 0 radical (unpaired) electrons. The highest BCUT2D eigenvalue weighted by atomic mass is 28.4. The zero-order chi connectivity index (χ0) is 38.6. The number of rotatable bonds is 20. The molecule has 1 aromatic rings. The molecule has 0 saturated heterocycles. The lowest BCUT2D eigenvalue weighted by molar-refractivity contribution is -0.142. The monoisotopic (exact) mass is 718 g/mol. The molecule has 1 rings (SSSR count). The molecule has 0 aliphatic carbocycles. The smallest absolute Gasteiger partial charge is 0.326 e. The lowest BCUT2D eigenvalue weighted by atomic mass is 9.98. The van der Waals surface area contributed by atoms with Crippen LogP contribution in [0.4, 0.5) is 0 Å². The van der Waals surface area contributed by atoms with Gasteiger partial charge in [-0.3, -0.25) is 19.2 Å². The minimum absolute atomic E-state index is 0.00427. The molecule has 1 aromatic carbocycles. The van der Waals surface area contributed by atoms with Gasteiger partial charge < -0.3 is 30.8 Å². The Bertz CT molecular complexity index is 1260. The van der Waals surface area contributed by atoms with Gasteiger partial charge >= 0.3 is 5.97 Å². The van der Waals surface area contributed by atoms with Crippen LogP contribution in [0, 0.1) is 23.7 Å². The van der Waals surface area contributed by atoms with Crippen molar-refractivity contribution in [3.63, 3.8) is 0 Å². The number of hydrogen-bond donors (Lipinski definition) is 5. The maximum atomic E-state index is 13.9. The molecule has 0 aliphatic heterocycles. The lowest BCUT2D eigenvalue weighted by Gasteiger charge is -2.39. The summed E-state index contributed by atoms with van der Waals surface area (Å²) in [5.74, 6) is -3.37. The van der Waals surface area contributed by atoms with Crippen LogP contribution in [0.5, 0.6) is 0 Å². The fourth-order valence-electron chi connectivity index (χ4n) is 5.21. The van der Waals surface area contributed by atoms with Crippen LogP contribution in [0.3, 0.4) is 0 Å². The molecule has 0 heterocycles. The molecule has 0 aromatic heterocycles. The topological polar surface area (TPSA) is 163 Å². The standard InChI is InChI=1S/C38H66N4O7Si/c1-23(2)19-28(33(43)39-29(22-27-17-15-14-16-18-27)34(44)41-30(37(47)48)20-24(3)4)40-36(46)32(26(7)8)42-35(45)31(21-25(5)6)49-50(12,13)38(9,10)11/h14-18,23-26,28-32H,19-22H2,1-13H3,(H,39,43)(H,40,46)(H,41,44)(H,42,45)(H,47,48)/t28-,29-,30-,31-,32-/m0/s1. The third-order valence-electron chi connectivity index (χ3n) is 9.05. The van der Waals surface area contributed by atoms with Gasteiger partial charge in [0.1, 0.15) is 30.3 Å². The molecule has 0 saturated carbocycles. The summed E-state index contributed by atoms with van der Waals surface area (Å²) in [6.45, 7) is 25.8. The summed E-state index contributed by atoms with van der Waals surface area (Å²) < 4.78 is 6.54. The third kappa shape index (κ3) is 15.3. The molecule has 0 spiro atoms. The van der Waals surface area contributed by atoms with Gasteiger partial charge in [0, 0.05) is 6.42 Å². The normalized spacial score (nSPS) is 15.3. The number of carboxylic acids is 1. The Labute approximate surface area is 302 Å². The molecule has 4 amide bonds. The van der Waals surface area contributed by atoms with E-state index < -0.39 is 62.3 Å². The number of carboxylic acid groups (broad SMARTS) is 1. The van der Waals surface area contributed by atoms with Crippen molar-refractivity contribution >= 4 is 37.9 Å². The van der Waals surface area contributed by atoms with Crippen molar-refractivity contribution < 1.29 is 33.5 Å². The summed E-state index contributed by atoms with van der Waals surface area (Å²) >= 11 is 0. The van der Waals surface area contributed by atoms with E-state index in [0.29, 0.717) is 6.42 Å². The van der Waals surface area contributed by atoms with E-state index in [-0.39, 0.29) is 53.9 Å². The van der Waals surface area contributed by atoms with E-state index in [4.69, 9.17) is 4.43 Å². The van der Waals surface area contributed by atoms with Crippen LogP contribution in [-0.2, 0) is 34.8 Å². The quantitative estimate of drug-likeness (QED) is 0.112. The second-order valence-electron chi connectivity index (χ2n) is 16.7. The van der Waals surface area contributed by atoms with E-state index in [1.54, 1.807) is 0 Å². The Morgan fingerprint density at radius 2 is 1.12 bits per heavy atom. The fraction of sp³-hybridized carbons (Fsp3) is 0.711. The van der Waals surface area contributed by atoms with Crippen LogP contribution in [0.1, 0.15) is 101 Å². The zero-order valence-electron chi connectivity index (χ0n) is 32.8. The average molecular weight is 719 g/mol. The molecule has 0 unspecified atom stereocenters. The number of nitrogens with one attached hydrogen (secondary N) is 4. The van der Waals surface area contributed by atoms with Gasteiger partial charge in [0.15, 0.2) is 8.32 Å². The predicted octanol–water partition coefficient (Wildman–Crippen LogP) is 5.44. The van der Waals surface area contributed by atoms with Crippen LogP contribution in [0.2, 0.25) is 18.1 Å². The van der Waals surface area contributed by atoms with Gasteiger partial charge in [-0.2, -0.15) is 0 Å². The average Bonchev–Trinajstić information content (AvgIpc) is 2.97. The van der Waals surface area contributed by atoms with Gasteiger partial charge in [0.25, 0.3) is 0 Å². The Kier molecular flexibility index (Phi) is 17.9. The van der Waals surface area contributed by atoms with Crippen LogP contribution in [-0.4, -0.2) is 73.3 Å². The van der Waals surface area contributed by atoms with Crippen molar-refractivity contribution in [3.8, 4) is 0 Å². The van der Waals surface area contributed by atoms with Crippen molar-refractivity contribution in [2.24, 2.45) is 23.7 Å². The van der Waals surface area contributed by atoms with Gasteiger partial charge in [0.05, 0.1) is 0 Å². The van der Waals surface area contributed by atoms with E-state index in [1.807, 2.05) is 85.7 Å². The van der Waals surface area contributed by atoms with Crippen molar-refractivity contribution in [3.05, 3.63) is 35.9 Å². The number of carbonyl (C=O) groups is 5. The van der Waals surface area contributed by atoms with E-state index >= 15 is 0 Å². The van der Waals surface area contributed by atoms with Gasteiger partial charge in [-0.25, -0.2) is 4.79 Å². The van der Waals surface area contributed by atoms with E-state index in [1.165, 1.54) is 0 Å². The Morgan fingerprint density at radius 3 is 1.58 bits per heavy atom. The molecule has 0 bridgehead atoms. The summed E-state index contributed by atoms with van der Waals surface area (Å²) in [5, 5.41) is 20.8. The van der Waals surface area contributed by atoms with Gasteiger partial charge in [0.2, 0.25) is 23.6 Å². The first-order valence-electron chi connectivity index (χ1n) is 18.1. The maximum Gasteiger partial charge on any atom is 0.326 e. The SMILES string of the molecule is CC(C)C[C@H](NC(=O)[C@H](Cc1ccccc1)NC(=O)[C@H](CC(C)C)NC(=O)[C@@H](NC(=O)[C@H](CC(C)C)O[Si](C)(C)C(C)(C)C)C(C)C)C(=O)O. The number of benzene rings is 1. The Balaban J connectivity index is 3.32. The van der Waals surface area contributed by atoms with Gasteiger partial charge in [-0.1, -0.05) is 106 Å². The summed E-state index contributed by atoms with van der Waals surface area (Å²) in [5.41, 5.74) is 0.770. The highest BCUT2D eigenvalue weighted by Gasteiger charge is 2.42. The summed E-state index contributed by atoms with van der Waals surface area (Å²) in [6, 6.07) is 4.91. The second-order valence-corrected chi connectivity index (χ2v) is 21.5. The molecule has 12 heteroatoms. The second kappa shape index (κ2) is 20.0. The summed E-state index contributed by atoms with van der Waals surface area (Å²) in [4.78, 5) is 67.0. The van der Waals surface area contributed by atoms with Gasteiger partial charge in [-0.05, 0) is 66.6 Å². The Morgan fingerprint density at radius 1 is 0.660 bits per heavy atom.